The molecule has 0 spiro atoms. The standard InChI is InChI=1S/C21H19N3O5/c1-26-16-8-11(9-17(27-2)20(16)28-3)13-10-14(24-21(22)23-13)19-18(25)12-6-4-5-7-15(12)29-19/h4-10,25H,1-3H3,(H2,22,23,24). The zero-order valence-electron chi connectivity index (χ0n) is 16.1. The number of anilines is 1. The van der Waals surface area contributed by atoms with Gasteiger partial charge in [0, 0.05) is 5.56 Å². The second kappa shape index (κ2) is 7.23. The summed E-state index contributed by atoms with van der Waals surface area (Å²) in [6.45, 7) is 0. The van der Waals surface area contributed by atoms with E-state index < -0.39 is 0 Å². The largest absolute Gasteiger partial charge is 0.504 e. The summed E-state index contributed by atoms with van der Waals surface area (Å²) in [5, 5.41) is 11.2. The summed E-state index contributed by atoms with van der Waals surface area (Å²) in [6, 6.07) is 12.4. The molecule has 8 heteroatoms. The average Bonchev–Trinajstić information content (AvgIpc) is 3.09. The first-order valence-electron chi connectivity index (χ1n) is 8.71. The molecule has 0 aliphatic heterocycles. The van der Waals surface area contributed by atoms with E-state index in [2.05, 4.69) is 9.97 Å². The van der Waals surface area contributed by atoms with E-state index in [9.17, 15) is 5.11 Å². The summed E-state index contributed by atoms with van der Waals surface area (Å²) in [5.74, 6) is 1.67. The second-order valence-corrected chi connectivity index (χ2v) is 6.19. The lowest BCUT2D eigenvalue weighted by atomic mass is 10.1. The molecular formula is C21H19N3O5. The fourth-order valence-corrected chi connectivity index (χ4v) is 3.16. The van der Waals surface area contributed by atoms with Crippen molar-refractivity contribution in [2.75, 3.05) is 27.1 Å². The van der Waals surface area contributed by atoms with E-state index in [0.29, 0.717) is 45.2 Å². The molecule has 2 aromatic heterocycles. The molecule has 3 N–H and O–H groups in total. The van der Waals surface area contributed by atoms with Crippen LogP contribution in [-0.2, 0) is 0 Å². The normalized spacial score (nSPS) is 10.9. The molecule has 148 valence electrons. The van der Waals surface area contributed by atoms with Gasteiger partial charge < -0.3 is 29.5 Å². The Morgan fingerprint density at radius 1 is 0.897 bits per heavy atom. The van der Waals surface area contributed by atoms with Crippen LogP contribution in [-0.4, -0.2) is 36.4 Å². The molecule has 0 amide bonds. The van der Waals surface area contributed by atoms with Gasteiger partial charge in [0.1, 0.15) is 11.3 Å². The third-order valence-electron chi connectivity index (χ3n) is 4.51. The number of nitrogens with zero attached hydrogens (tertiary/aromatic N) is 2. The molecule has 4 aromatic rings. The molecule has 0 radical (unpaired) electrons. The van der Waals surface area contributed by atoms with Crippen LogP contribution in [0.15, 0.2) is 46.9 Å². The van der Waals surface area contributed by atoms with E-state index >= 15 is 0 Å². The first-order chi connectivity index (χ1) is 14.0. The molecule has 0 bridgehead atoms. The van der Waals surface area contributed by atoms with Gasteiger partial charge in [0.15, 0.2) is 23.0 Å². The number of rotatable bonds is 5. The van der Waals surface area contributed by atoms with E-state index in [4.69, 9.17) is 24.4 Å². The Hall–Kier alpha value is -3.94. The van der Waals surface area contributed by atoms with Crippen molar-refractivity contribution in [3.8, 4) is 45.7 Å². The van der Waals surface area contributed by atoms with Gasteiger partial charge in [0.2, 0.25) is 11.7 Å². The highest BCUT2D eigenvalue weighted by molar-refractivity contribution is 5.91. The average molecular weight is 393 g/mol. The van der Waals surface area contributed by atoms with Crippen LogP contribution in [0, 0.1) is 0 Å². The van der Waals surface area contributed by atoms with Gasteiger partial charge >= 0.3 is 0 Å². The Labute approximate surface area is 166 Å². The van der Waals surface area contributed by atoms with Crippen LogP contribution in [0.4, 0.5) is 5.95 Å². The number of ether oxygens (including phenoxy) is 3. The Kier molecular flexibility index (Phi) is 4.59. The van der Waals surface area contributed by atoms with Crippen molar-refractivity contribution in [1.82, 2.24) is 9.97 Å². The highest BCUT2D eigenvalue weighted by Crippen LogP contribution is 2.42. The smallest absolute Gasteiger partial charge is 0.221 e. The Morgan fingerprint density at radius 3 is 2.17 bits per heavy atom. The lowest BCUT2D eigenvalue weighted by Crippen LogP contribution is -2.00. The molecule has 0 atom stereocenters. The number of hydrogen-bond acceptors (Lipinski definition) is 8. The predicted molar refractivity (Wildman–Crippen MR) is 108 cm³/mol. The lowest BCUT2D eigenvalue weighted by Gasteiger charge is -2.14. The highest BCUT2D eigenvalue weighted by atomic mass is 16.5. The van der Waals surface area contributed by atoms with Gasteiger partial charge in [-0.15, -0.1) is 0 Å². The number of furan rings is 1. The minimum atomic E-state index is -0.00505. The maximum absolute atomic E-state index is 10.6. The van der Waals surface area contributed by atoms with Crippen LogP contribution in [0.2, 0.25) is 0 Å². The van der Waals surface area contributed by atoms with Gasteiger partial charge in [-0.3, -0.25) is 0 Å². The van der Waals surface area contributed by atoms with Crippen LogP contribution >= 0.6 is 0 Å². The summed E-state index contributed by atoms with van der Waals surface area (Å²) < 4.78 is 22.0. The van der Waals surface area contributed by atoms with Crippen molar-refractivity contribution in [1.29, 1.82) is 0 Å². The monoisotopic (exact) mass is 393 g/mol. The topological polar surface area (TPSA) is 113 Å². The van der Waals surface area contributed by atoms with Gasteiger partial charge in [0.25, 0.3) is 0 Å². The Balaban J connectivity index is 1.89. The molecule has 0 fully saturated rings. The quantitative estimate of drug-likeness (QED) is 0.525. The zero-order valence-corrected chi connectivity index (χ0v) is 16.1. The molecule has 0 aliphatic carbocycles. The summed E-state index contributed by atoms with van der Waals surface area (Å²) >= 11 is 0. The third kappa shape index (κ3) is 3.14. The number of methoxy groups -OCH3 is 3. The number of aromatic nitrogens is 2. The molecule has 0 unspecified atom stereocenters. The molecule has 2 aromatic carbocycles. The maximum Gasteiger partial charge on any atom is 0.221 e. The number of benzene rings is 2. The van der Waals surface area contributed by atoms with Crippen LogP contribution in [0.5, 0.6) is 23.0 Å². The summed E-state index contributed by atoms with van der Waals surface area (Å²) in [5.41, 5.74) is 8.02. The first-order valence-corrected chi connectivity index (χ1v) is 8.71. The molecular weight excluding hydrogens is 374 g/mol. The van der Waals surface area contributed by atoms with E-state index in [0.717, 1.165) is 0 Å². The molecule has 29 heavy (non-hydrogen) atoms. The van der Waals surface area contributed by atoms with Gasteiger partial charge in [-0.05, 0) is 30.3 Å². The molecule has 4 rings (SSSR count). The number of nitrogens with two attached hydrogens (primary N) is 1. The van der Waals surface area contributed by atoms with Crippen LogP contribution < -0.4 is 19.9 Å². The summed E-state index contributed by atoms with van der Waals surface area (Å²) in [7, 11) is 4.60. The predicted octanol–water partition coefficient (Wildman–Crippen LogP) is 3.87. The van der Waals surface area contributed by atoms with E-state index in [1.54, 1.807) is 30.3 Å². The SMILES string of the molecule is COc1cc(-c2cc(-c3oc4ccccc4c3O)nc(N)n2)cc(OC)c1OC. The van der Waals surface area contributed by atoms with Gasteiger partial charge in [-0.2, -0.15) is 0 Å². The third-order valence-corrected chi connectivity index (χ3v) is 4.51. The molecule has 0 saturated carbocycles. The molecule has 2 heterocycles. The van der Waals surface area contributed by atoms with E-state index in [-0.39, 0.29) is 17.5 Å². The number of fused-ring (bicyclic) bond motifs is 1. The van der Waals surface area contributed by atoms with Gasteiger partial charge in [-0.1, -0.05) is 12.1 Å². The fourth-order valence-electron chi connectivity index (χ4n) is 3.16. The zero-order chi connectivity index (χ0) is 20.5. The van der Waals surface area contributed by atoms with Crippen molar-refractivity contribution < 1.29 is 23.7 Å². The van der Waals surface area contributed by atoms with E-state index in [1.165, 1.54) is 21.3 Å². The number of hydrogen-bond donors (Lipinski definition) is 2. The minimum absolute atomic E-state index is 0.00505. The number of nitrogen functional groups attached to an aromatic ring is 1. The highest BCUT2D eigenvalue weighted by Gasteiger charge is 2.20. The summed E-state index contributed by atoms with van der Waals surface area (Å²) in [4.78, 5) is 8.54. The number of aromatic hydroxyl groups is 1. The van der Waals surface area contributed by atoms with Crippen LogP contribution in [0.3, 0.4) is 0 Å². The maximum atomic E-state index is 10.6. The van der Waals surface area contributed by atoms with Crippen molar-refractivity contribution in [3.63, 3.8) is 0 Å². The molecule has 8 nitrogen and oxygen atoms in total. The van der Waals surface area contributed by atoms with Crippen molar-refractivity contribution >= 4 is 16.9 Å². The van der Waals surface area contributed by atoms with E-state index in [1.807, 2.05) is 12.1 Å². The van der Waals surface area contributed by atoms with Crippen molar-refractivity contribution in [2.45, 2.75) is 0 Å². The van der Waals surface area contributed by atoms with Crippen molar-refractivity contribution in [2.24, 2.45) is 0 Å². The summed E-state index contributed by atoms with van der Waals surface area (Å²) in [6.07, 6.45) is 0. The Morgan fingerprint density at radius 2 is 1.55 bits per heavy atom. The first kappa shape index (κ1) is 18.4. The minimum Gasteiger partial charge on any atom is -0.504 e. The second-order valence-electron chi connectivity index (χ2n) is 6.19. The molecule has 0 saturated heterocycles. The van der Waals surface area contributed by atoms with Crippen LogP contribution in [0.1, 0.15) is 0 Å². The van der Waals surface area contributed by atoms with Gasteiger partial charge in [-0.25, -0.2) is 9.97 Å². The fraction of sp³-hybridized carbons (Fsp3) is 0.143. The van der Waals surface area contributed by atoms with Crippen LogP contribution in [0.25, 0.3) is 33.7 Å². The Bertz CT molecular complexity index is 1180. The molecule has 0 aliphatic rings. The van der Waals surface area contributed by atoms with Gasteiger partial charge in [0.05, 0.1) is 32.4 Å². The lowest BCUT2D eigenvalue weighted by molar-refractivity contribution is 0.324. The van der Waals surface area contributed by atoms with Crippen molar-refractivity contribution in [3.05, 3.63) is 42.5 Å². The number of para-hydroxylation sites is 1.